The smallest absolute Gasteiger partial charge is 0.119 e. The molecular weight excluding hydrogens is 108 g/mol. The Balaban J connectivity index is -0.0000000575. The van der Waals surface area contributed by atoms with E-state index in [0.29, 0.717) is 6.42 Å². The fourth-order valence-corrected chi connectivity index (χ4v) is 0. The van der Waals surface area contributed by atoms with Crippen LogP contribution in [0.15, 0.2) is 0 Å². The average Bonchev–Trinajstić information content (AvgIpc) is 1.69. The first-order chi connectivity index (χ1) is 3.33. The van der Waals surface area contributed by atoms with Crippen molar-refractivity contribution in [2.75, 3.05) is 0 Å². The molecule has 0 aliphatic heterocycles. The number of hydrogen-bond acceptors (Lipinski definition) is 2. The number of carbonyl (C=O) groups excluding carboxylic acids is 2. The summed E-state index contributed by atoms with van der Waals surface area (Å²) in [5, 5.41) is 0. The van der Waals surface area contributed by atoms with Gasteiger partial charge < -0.3 is 15.1 Å². The van der Waals surface area contributed by atoms with Crippen LogP contribution in [0, 0.1) is 0 Å². The minimum Gasteiger partial charge on any atom is -0.412 e. The fourth-order valence-electron chi connectivity index (χ4n) is 0. The van der Waals surface area contributed by atoms with Crippen molar-refractivity contribution >= 4 is 12.6 Å². The van der Waals surface area contributed by atoms with Crippen molar-refractivity contribution in [2.45, 2.75) is 20.3 Å². The van der Waals surface area contributed by atoms with Gasteiger partial charge in [0.15, 0.2) is 0 Å². The lowest BCUT2D eigenvalue weighted by atomic mass is 10.6. The second-order valence-electron chi connectivity index (χ2n) is 0.811. The zero-order valence-electron chi connectivity index (χ0n) is 5.18. The van der Waals surface area contributed by atoms with E-state index in [0.717, 1.165) is 12.6 Å². The molecule has 8 heavy (non-hydrogen) atoms. The molecule has 0 heterocycles. The molecule has 0 aliphatic carbocycles. The first-order valence-electron chi connectivity index (χ1n) is 2.16. The molecule has 0 aliphatic rings. The zero-order valence-corrected chi connectivity index (χ0v) is 5.18. The number of hydrogen-bond donors (Lipinski definition) is 0. The predicted octanol–water partition coefficient (Wildman–Crippen LogP) is -0.0242. The summed E-state index contributed by atoms with van der Waals surface area (Å²) in [7, 11) is 0. The maximum atomic E-state index is 9.17. The molecule has 0 aromatic rings. The Bertz CT molecular complexity index is 42.9. The van der Waals surface area contributed by atoms with Crippen LogP contribution in [-0.2, 0) is 9.59 Å². The largest absolute Gasteiger partial charge is 0.412 e. The fraction of sp³-hybridized carbons (Fsp3) is 0.600. The third kappa shape index (κ3) is 1090. The number of rotatable bonds is 1. The van der Waals surface area contributed by atoms with Crippen LogP contribution < -0.4 is 0 Å². The van der Waals surface area contributed by atoms with Crippen LogP contribution in [0.25, 0.3) is 0 Å². The molecule has 0 spiro atoms. The highest BCUT2D eigenvalue weighted by molar-refractivity contribution is 5.48. The van der Waals surface area contributed by atoms with Gasteiger partial charge in [-0.05, 0) is 6.92 Å². The van der Waals surface area contributed by atoms with Crippen molar-refractivity contribution in [1.29, 1.82) is 0 Å². The third-order valence-electron chi connectivity index (χ3n) is 0.167. The summed E-state index contributed by atoms with van der Waals surface area (Å²) in [6, 6.07) is 0. The molecule has 2 N–H and O–H groups in total. The van der Waals surface area contributed by atoms with E-state index in [4.69, 9.17) is 4.79 Å². The summed E-state index contributed by atoms with van der Waals surface area (Å²) in [4.78, 5) is 18.0. The van der Waals surface area contributed by atoms with E-state index in [-0.39, 0.29) is 5.48 Å². The molecule has 0 unspecified atom stereocenters. The highest BCUT2D eigenvalue weighted by atomic mass is 16.1. The molecule has 0 rings (SSSR count). The van der Waals surface area contributed by atoms with Crippen molar-refractivity contribution in [3.05, 3.63) is 0 Å². The Kier molecular flexibility index (Phi) is 65.5. The van der Waals surface area contributed by atoms with Crippen LogP contribution in [0.5, 0.6) is 0 Å². The average molecular weight is 120 g/mol. The first kappa shape index (κ1) is 15.7. The van der Waals surface area contributed by atoms with Gasteiger partial charge in [0.1, 0.15) is 12.6 Å². The van der Waals surface area contributed by atoms with Gasteiger partial charge in [0, 0.05) is 6.42 Å². The van der Waals surface area contributed by atoms with E-state index in [9.17, 15) is 4.79 Å². The lowest BCUT2D eigenvalue weighted by Gasteiger charge is -1.51. The second kappa shape index (κ2) is 33.5. The molecule has 0 aromatic carbocycles. The van der Waals surface area contributed by atoms with Crippen molar-refractivity contribution in [3.63, 3.8) is 0 Å². The van der Waals surface area contributed by atoms with E-state index in [1.54, 1.807) is 0 Å². The van der Waals surface area contributed by atoms with Gasteiger partial charge in [0.25, 0.3) is 0 Å². The van der Waals surface area contributed by atoms with E-state index in [1.165, 1.54) is 6.92 Å². The lowest BCUT2D eigenvalue weighted by Crippen LogP contribution is -1.55. The van der Waals surface area contributed by atoms with Gasteiger partial charge in [0.05, 0.1) is 0 Å². The summed E-state index contributed by atoms with van der Waals surface area (Å²) in [6.45, 7) is 3.26. The van der Waals surface area contributed by atoms with Crippen molar-refractivity contribution in [3.8, 4) is 0 Å². The summed E-state index contributed by atoms with van der Waals surface area (Å²) >= 11 is 0. The monoisotopic (exact) mass is 120 g/mol. The van der Waals surface area contributed by atoms with Crippen LogP contribution in [0.4, 0.5) is 0 Å². The van der Waals surface area contributed by atoms with Gasteiger partial charge in [0.2, 0.25) is 0 Å². The van der Waals surface area contributed by atoms with Crippen LogP contribution in [0.3, 0.4) is 0 Å². The Morgan fingerprint density at radius 2 is 1.50 bits per heavy atom. The van der Waals surface area contributed by atoms with Gasteiger partial charge in [-0.1, -0.05) is 6.92 Å². The topological polar surface area (TPSA) is 65.6 Å². The molecule has 0 saturated heterocycles. The summed E-state index contributed by atoms with van der Waals surface area (Å²) in [5.74, 6) is 0. The van der Waals surface area contributed by atoms with Crippen LogP contribution in [-0.4, -0.2) is 18.0 Å². The molecule has 0 bridgehead atoms. The van der Waals surface area contributed by atoms with Crippen LogP contribution >= 0.6 is 0 Å². The Labute approximate surface area is 49.0 Å². The molecule has 50 valence electrons. The highest BCUT2D eigenvalue weighted by Crippen LogP contribution is 1.53. The van der Waals surface area contributed by atoms with E-state index in [1.807, 2.05) is 6.92 Å². The van der Waals surface area contributed by atoms with Gasteiger partial charge in [-0.15, -0.1) is 0 Å². The van der Waals surface area contributed by atoms with Crippen LogP contribution in [0.2, 0.25) is 0 Å². The summed E-state index contributed by atoms with van der Waals surface area (Å²) in [6.07, 6.45) is 2.26. The number of carbonyl (C=O) groups is 2. The molecule has 0 radical (unpaired) electrons. The quantitative estimate of drug-likeness (QED) is 0.456. The van der Waals surface area contributed by atoms with Crippen molar-refractivity contribution in [1.82, 2.24) is 0 Å². The zero-order chi connectivity index (χ0) is 6.12. The minimum absolute atomic E-state index is 0. The second-order valence-corrected chi connectivity index (χ2v) is 0.811. The third-order valence-corrected chi connectivity index (χ3v) is 0.167. The predicted molar refractivity (Wildman–Crippen MR) is 31.7 cm³/mol. The van der Waals surface area contributed by atoms with Gasteiger partial charge >= 0.3 is 0 Å². The normalized spacial score (nSPS) is 4.75. The van der Waals surface area contributed by atoms with Gasteiger partial charge in [-0.2, -0.15) is 0 Å². The molecule has 3 nitrogen and oxygen atoms in total. The molecule has 3 heteroatoms. The molecule has 0 amide bonds. The molecule has 0 fully saturated rings. The maximum absolute atomic E-state index is 9.17. The Hall–Kier alpha value is -0.700. The molecular formula is C5H12O3. The first-order valence-corrected chi connectivity index (χ1v) is 2.16. The van der Waals surface area contributed by atoms with E-state index in [2.05, 4.69) is 0 Å². The van der Waals surface area contributed by atoms with Gasteiger partial charge in [-0.3, -0.25) is 0 Å². The summed E-state index contributed by atoms with van der Waals surface area (Å²) < 4.78 is 0. The number of aldehydes is 2. The lowest BCUT2D eigenvalue weighted by molar-refractivity contribution is -0.107. The highest BCUT2D eigenvalue weighted by Gasteiger charge is 1.52. The Morgan fingerprint density at radius 1 is 1.38 bits per heavy atom. The molecule has 0 saturated carbocycles. The SMILES string of the molecule is CC=O.CCC=O.O. The van der Waals surface area contributed by atoms with E-state index < -0.39 is 0 Å². The Morgan fingerprint density at radius 3 is 1.50 bits per heavy atom. The van der Waals surface area contributed by atoms with Crippen molar-refractivity contribution in [2.24, 2.45) is 0 Å². The molecule has 0 aromatic heterocycles. The van der Waals surface area contributed by atoms with Crippen LogP contribution in [0.1, 0.15) is 20.3 Å². The van der Waals surface area contributed by atoms with Gasteiger partial charge in [-0.25, -0.2) is 0 Å². The molecule has 0 atom stereocenters. The minimum atomic E-state index is 0. The summed E-state index contributed by atoms with van der Waals surface area (Å²) in [5.41, 5.74) is 0. The maximum Gasteiger partial charge on any atom is 0.119 e. The van der Waals surface area contributed by atoms with Crippen molar-refractivity contribution < 1.29 is 15.1 Å². The van der Waals surface area contributed by atoms with E-state index >= 15 is 0 Å². The standard InChI is InChI=1S/C3H6O.C2H4O.H2O/c1-2-3-4;1-2-3;/h3H,2H2,1H3;2H,1H3;1H2.